The summed E-state index contributed by atoms with van der Waals surface area (Å²) in [6, 6.07) is 6.13. The van der Waals surface area contributed by atoms with Crippen molar-refractivity contribution in [3.8, 4) is 5.75 Å². The quantitative estimate of drug-likeness (QED) is 0.854. The highest BCUT2D eigenvalue weighted by Gasteiger charge is 2.28. The fourth-order valence-electron chi connectivity index (χ4n) is 3.21. The first kappa shape index (κ1) is 19.3. The van der Waals surface area contributed by atoms with Crippen molar-refractivity contribution >= 4 is 11.9 Å². The lowest BCUT2D eigenvalue weighted by atomic mass is 9.93. The number of likely N-dealkylation sites (tertiary alicyclic amines) is 1. The monoisotopic (exact) mass is 347 g/mol. The second kappa shape index (κ2) is 8.37. The van der Waals surface area contributed by atoms with Crippen LogP contribution in [-0.4, -0.2) is 41.1 Å². The molecule has 1 fully saturated rings. The minimum atomic E-state index is -0.762. The number of hydrogen-bond donors (Lipinski definition) is 1. The maximum atomic E-state index is 12.6. The average Bonchev–Trinajstić information content (AvgIpc) is 2.56. The normalized spacial score (nSPS) is 16.8. The van der Waals surface area contributed by atoms with Crippen molar-refractivity contribution in [2.75, 3.05) is 13.1 Å². The van der Waals surface area contributed by atoms with E-state index in [4.69, 9.17) is 9.84 Å². The van der Waals surface area contributed by atoms with Crippen LogP contribution in [-0.2, 0) is 9.59 Å². The van der Waals surface area contributed by atoms with E-state index in [0.717, 1.165) is 24.2 Å². The molecule has 1 aromatic rings. The van der Waals surface area contributed by atoms with E-state index in [-0.39, 0.29) is 18.2 Å². The Balaban J connectivity index is 1.95. The second-order valence-electron chi connectivity index (χ2n) is 7.31. The van der Waals surface area contributed by atoms with E-state index in [2.05, 4.69) is 19.9 Å². The Hall–Kier alpha value is -2.04. The van der Waals surface area contributed by atoms with Crippen LogP contribution in [0.3, 0.4) is 0 Å². The Labute approximate surface area is 150 Å². The van der Waals surface area contributed by atoms with E-state index in [0.29, 0.717) is 19.0 Å². The molecule has 1 aliphatic rings. The number of carbonyl (C=O) groups is 2. The number of nitrogens with zero attached hydrogens (tertiary/aromatic N) is 1. The summed E-state index contributed by atoms with van der Waals surface area (Å²) in [5.41, 5.74) is 2.21. The molecule has 1 heterocycles. The molecule has 1 aromatic carbocycles. The van der Waals surface area contributed by atoms with Crippen molar-refractivity contribution in [3.63, 3.8) is 0 Å². The maximum absolute atomic E-state index is 12.6. The molecule has 1 unspecified atom stereocenters. The van der Waals surface area contributed by atoms with Gasteiger partial charge < -0.3 is 14.7 Å². The molecule has 1 saturated heterocycles. The number of amides is 1. The number of carboxylic acids is 1. The molecule has 1 atom stereocenters. The largest absolute Gasteiger partial charge is 0.481 e. The van der Waals surface area contributed by atoms with Gasteiger partial charge in [0.1, 0.15) is 5.75 Å². The van der Waals surface area contributed by atoms with Crippen LogP contribution in [0.2, 0.25) is 0 Å². The predicted molar refractivity (Wildman–Crippen MR) is 96.9 cm³/mol. The van der Waals surface area contributed by atoms with Gasteiger partial charge in [0.25, 0.3) is 5.91 Å². The molecule has 0 aromatic heterocycles. The van der Waals surface area contributed by atoms with E-state index < -0.39 is 12.1 Å². The molecule has 0 radical (unpaired) electrons. The average molecular weight is 347 g/mol. The van der Waals surface area contributed by atoms with Crippen LogP contribution >= 0.6 is 0 Å². The Morgan fingerprint density at radius 1 is 1.24 bits per heavy atom. The molecular formula is C20H29NO4. The Kier molecular flexibility index (Phi) is 6.45. The summed E-state index contributed by atoms with van der Waals surface area (Å²) in [5, 5.41) is 8.88. The first-order valence-corrected chi connectivity index (χ1v) is 9.05. The maximum Gasteiger partial charge on any atom is 0.303 e. The van der Waals surface area contributed by atoms with Crippen molar-refractivity contribution < 1.29 is 19.4 Å². The molecule has 1 N–H and O–H groups in total. The summed E-state index contributed by atoms with van der Waals surface area (Å²) in [6.07, 6.45) is 1.13. The Morgan fingerprint density at radius 2 is 1.88 bits per heavy atom. The van der Waals surface area contributed by atoms with Crippen LogP contribution in [0.1, 0.15) is 57.1 Å². The van der Waals surface area contributed by atoms with Gasteiger partial charge in [-0.05, 0) is 55.7 Å². The van der Waals surface area contributed by atoms with Crippen LogP contribution in [0.5, 0.6) is 5.75 Å². The van der Waals surface area contributed by atoms with Gasteiger partial charge in [0.15, 0.2) is 6.10 Å². The van der Waals surface area contributed by atoms with Crippen LogP contribution in [0.25, 0.3) is 0 Å². The number of ether oxygens (including phenoxy) is 1. The van der Waals surface area contributed by atoms with Gasteiger partial charge in [0, 0.05) is 19.5 Å². The molecule has 5 nitrogen and oxygen atoms in total. The number of rotatable bonds is 6. The first-order valence-electron chi connectivity index (χ1n) is 9.05. The smallest absolute Gasteiger partial charge is 0.303 e. The predicted octanol–water partition coefficient (Wildman–Crippen LogP) is 3.60. The van der Waals surface area contributed by atoms with Gasteiger partial charge >= 0.3 is 5.97 Å². The molecule has 0 bridgehead atoms. The molecular weight excluding hydrogens is 318 g/mol. The molecule has 0 aliphatic carbocycles. The summed E-state index contributed by atoms with van der Waals surface area (Å²) in [4.78, 5) is 25.2. The van der Waals surface area contributed by atoms with Gasteiger partial charge in [-0.25, -0.2) is 0 Å². The minimum absolute atomic E-state index is 0.0249. The number of aliphatic carboxylic acids is 1. The second-order valence-corrected chi connectivity index (χ2v) is 7.31. The fourth-order valence-corrected chi connectivity index (χ4v) is 3.21. The summed E-state index contributed by atoms with van der Waals surface area (Å²) in [7, 11) is 0. The van der Waals surface area contributed by atoms with Gasteiger partial charge in [0.05, 0.1) is 0 Å². The van der Waals surface area contributed by atoms with Crippen molar-refractivity contribution in [2.24, 2.45) is 5.92 Å². The van der Waals surface area contributed by atoms with Crippen LogP contribution in [0, 0.1) is 12.8 Å². The van der Waals surface area contributed by atoms with Crippen molar-refractivity contribution in [3.05, 3.63) is 29.3 Å². The molecule has 0 saturated carbocycles. The molecule has 2 rings (SSSR count). The van der Waals surface area contributed by atoms with Crippen molar-refractivity contribution in [1.29, 1.82) is 0 Å². The van der Waals surface area contributed by atoms with Crippen LogP contribution in [0.15, 0.2) is 18.2 Å². The van der Waals surface area contributed by atoms with Gasteiger partial charge in [-0.15, -0.1) is 0 Å². The number of piperidine rings is 1. The number of carbonyl (C=O) groups excluding carboxylic acids is 1. The van der Waals surface area contributed by atoms with Crippen molar-refractivity contribution in [2.45, 2.75) is 59.0 Å². The lowest BCUT2D eigenvalue weighted by Crippen LogP contribution is -2.45. The third-order valence-electron chi connectivity index (χ3n) is 4.92. The topological polar surface area (TPSA) is 66.8 Å². The minimum Gasteiger partial charge on any atom is -0.481 e. The van der Waals surface area contributed by atoms with E-state index in [9.17, 15) is 9.59 Å². The Morgan fingerprint density at radius 3 is 2.44 bits per heavy atom. The van der Waals surface area contributed by atoms with E-state index in [1.165, 1.54) is 5.56 Å². The molecule has 1 aliphatic heterocycles. The highest BCUT2D eigenvalue weighted by molar-refractivity contribution is 5.81. The zero-order valence-corrected chi connectivity index (χ0v) is 15.6. The number of hydrogen-bond acceptors (Lipinski definition) is 3. The summed E-state index contributed by atoms with van der Waals surface area (Å²) in [5.74, 6) is 0.544. The molecule has 1 amide bonds. The molecule has 138 valence electrons. The van der Waals surface area contributed by atoms with E-state index in [1.54, 1.807) is 11.8 Å². The molecule has 5 heteroatoms. The highest BCUT2D eigenvalue weighted by Crippen LogP contribution is 2.26. The van der Waals surface area contributed by atoms with Gasteiger partial charge in [-0.1, -0.05) is 26.0 Å². The lowest BCUT2D eigenvalue weighted by molar-refractivity contribution is -0.140. The van der Waals surface area contributed by atoms with E-state index >= 15 is 0 Å². The highest BCUT2D eigenvalue weighted by atomic mass is 16.5. The van der Waals surface area contributed by atoms with Crippen molar-refractivity contribution in [1.82, 2.24) is 4.90 Å². The van der Waals surface area contributed by atoms with Gasteiger partial charge in [-0.2, -0.15) is 0 Å². The van der Waals surface area contributed by atoms with Crippen LogP contribution < -0.4 is 4.74 Å². The summed E-state index contributed by atoms with van der Waals surface area (Å²) in [6.45, 7) is 9.24. The van der Waals surface area contributed by atoms with E-state index in [1.807, 2.05) is 19.1 Å². The molecule has 25 heavy (non-hydrogen) atoms. The SMILES string of the molecule is Cc1ccc(C(C)C)cc1OC(C)C(=O)N1CCC(CC(=O)O)CC1. The summed E-state index contributed by atoms with van der Waals surface area (Å²) >= 11 is 0. The van der Waals surface area contributed by atoms with Gasteiger partial charge in [-0.3, -0.25) is 9.59 Å². The van der Waals surface area contributed by atoms with Crippen LogP contribution in [0.4, 0.5) is 0 Å². The standard InChI is InChI=1S/C20H29NO4/c1-13(2)17-6-5-14(3)18(12-17)25-15(4)20(24)21-9-7-16(8-10-21)11-19(22)23/h5-6,12-13,15-16H,7-11H2,1-4H3,(H,22,23). The number of benzene rings is 1. The number of aryl methyl sites for hydroxylation is 1. The summed E-state index contributed by atoms with van der Waals surface area (Å²) < 4.78 is 5.96. The zero-order valence-electron chi connectivity index (χ0n) is 15.6. The number of carboxylic acid groups (broad SMARTS) is 1. The third kappa shape index (κ3) is 5.21. The molecule has 0 spiro atoms. The Bertz CT molecular complexity index is 618. The fraction of sp³-hybridized carbons (Fsp3) is 0.600. The lowest BCUT2D eigenvalue weighted by Gasteiger charge is -2.33. The first-order chi connectivity index (χ1) is 11.8. The third-order valence-corrected chi connectivity index (χ3v) is 4.92. The zero-order chi connectivity index (χ0) is 18.6. The van der Waals surface area contributed by atoms with Gasteiger partial charge in [0.2, 0.25) is 0 Å².